The van der Waals surface area contributed by atoms with Gasteiger partial charge in [-0.05, 0) is 24.3 Å². The van der Waals surface area contributed by atoms with Crippen LogP contribution < -0.4 is 15.1 Å². The van der Waals surface area contributed by atoms with Crippen molar-refractivity contribution in [2.75, 3.05) is 62.2 Å². The second kappa shape index (κ2) is 10.3. The van der Waals surface area contributed by atoms with Crippen molar-refractivity contribution in [1.82, 2.24) is 10.2 Å². The second-order valence-electron chi connectivity index (χ2n) is 7.50. The molecule has 2 aliphatic rings. The van der Waals surface area contributed by atoms with E-state index in [0.29, 0.717) is 37.6 Å². The normalized spacial score (nSPS) is 16.5. The molecular formula is C22H28F2N4O3. The molecule has 168 valence electrons. The summed E-state index contributed by atoms with van der Waals surface area (Å²) >= 11 is 0. The predicted molar refractivity (Wildman–Crippen MR) is 116 cm³/mol. The Balaban J connectivity index is 0.000000179. The van der Waals surface area contributed by atoms with Crippen LogP contribution in [0.2, 0.25) is 0 Å². The van der Waals surface area contributed by atoms with E-state index in [1.807, 2.05) is 9.80 Å². The highest BCUT2D eigenvalue weighted by atomic mass is 19.1. The molecular weight excluding hydrogens is 406 g/mol. The summed E-state index contributed by atoms with van der Waals surface area (Å²) in [7, 11) is 0. The lowest BCUT2D eigenvalue weighted by molar-refractivity contribution is -0.129. The number of aromatic hydroxyl groups is 2. The fraction of sp³-hybridized carbons (Fsp3) is 0.409. The van der Waals surface area contributed by atoms with E-state index >= 15 is 0 Å². The van der Waals surface area contributed by atoms with Crippen molar-refractivity contribution in [1.29, 1.82) is 0 Å². The molecule has 0 radical (unpaired) electrons. The van der Waals surface area contributed by atoms with Crippen molar-refractivity contribution in [2.45, 2.75) is 6.92 Å². The van der Waals surface area contributed by atoms with Gasteiger partial charge in [0.05, 0.1) is 11.4 Å². The number of anilines is 2. The summed E-state index contributed by atoms with van der Waals surface area (Å²) in [6.45, 7) is 7.60. The average Bonchev–Trinajstić information content (AvgIpc) is 2.75. The number of carbonyl (C=O) groups excluding carboxylic acids is 1. The predicted octanol–water partition coefficient (Wildman–Crippen LogP) is 2.14. The number of carbonyl (C=O) groups is 1. The summed E-state index contributed by atoms with van der Waals surface area (Å²) in [4.78, 5) is 16.9. The van der Waals surface area contributed by atoms with Crippen LogP contribution in [0.4, 0.5) is 20.2 Å². The van der Waals surface area contributed by atoms with E-state index in [9.17, 15) is 23.8 Å². The van der Waals surface area contributed by atoms with Crippen LogP contribution in [0.15, 0.2) is 36.4 Å². The van der Waals surface area contributed by atoms with Crippen molar-refractivity contribution < 1.29 is 23.8 Å². The van der Waals surface area contributed by atoms with Crippen molar-refractivity contribution in [3.8, 4) is 11.5 Å². The minimum absolute atomic E-state index is 0.0203. The van der Waals surface area contributed by atoms with Gasteiger partial charge in [0.25, 0.3) is 0 Å². The van der Waals surface area contributed by atoms with Crippen LogP contribution in [0, 0.1) is 11.6 Å². The molecule has 0 saturated carbocycles. The number of phenols is 2. The molecule has 1 amide bonds. The van der Waals surface area contributed by atoms with Crippen LogP contribution in [0.3, 0.4) is 0 Å². The van der Waals surface area contributed by atoms with Gasteiger partial charge in [-0.15, -0.1) is 0 Å². The molecule has 3 N–H and O–H groups in total. The van der Waals surface area contributed by atoms with Gasteiger partial charge in [0.15, 0.2) is 0 Å². The highest BCUT2D eigenvalue weighted by Gasteiger charge is 2.20. The molecule has 31 heavy (non-hydrogen) atoms. The number of benzene rings is 2. The maximum Gasteiger partial charge on any atom is 0.219 e. The fourth-order valence-corrected chi connectivity index (χ4v) is 3.70. The Labute approximate surface area is 180 Å². The highest BCUT2D eigenvalue weighted by molar-refractivity contribution is 5.73. The lowest BCUT2D eigenvalue weighted by Gasteiger charge is -2.35. The lowest BCUT2D eigenvalue weighted by Crippen LogP contribution is -2.48. The number of nitrogens with zero attached hydrogens (tertiary/aromatic N) is 3. The molecule has 0 bridgehead atoms. The second-order valence-corrected chi connectivity index (χ2v) is 7.50. The molecule has 0 atom stereocenters. The number of halogens is 2. The molecule has 2 aliphatic heterocycles. The summed E-state index contributed by atoms with van der Waals surface area (Å²) in [5.41, 5.74) is 1.34. The third-order valence-electron chi connectivity index (χ3n) is 5.40. The third-order valence-corrected chi connectivity index (χ3v) is 5.40. The Morgan fingerprint density at radius 3 is 1.68 bits per heavy atom. The number of rotatable bonds is 2. The molecule has 9 heteroatoms. The molecule has 7 nitrogen and oxygen atoms in total. The zero-order valence-electron chi connectivity index (χ0n) is 17.5. The van der Waals surface area contributed by atoms with Gasteiger partial charge >= 0.3 is 0 Å². The molecule has 2 saturated heterocycles. The molecule has 4 rings (SSSR count). The molecule has 2 aromatic carbocycles. The van der Waals surface area contributed by atoms with E-state index in [1.54, 1.807) is 24.0 Å². The largest absolute Gasteiger partial charge is 0.506 e. The van der Waals surface area contributed by atoms with Crippen LogP contribution >= 0.6 is 0 Å². The minimum Gasteiger partial charge on any atom is -0.506 e. The number of hydrogen-bond donors (Lipinski definition) is 3. The SMILES string of the molecule is CC(=O)N1CCN(c2ccc(F)cc2O)CC1.Oc1cc(F)ccc1N1CCNCC1. The van der Waals surface area contributed by atoms with Crippen LogP contribution in [0.1, 0.15) is 6.92 Å². The molecule has 2 fully saturated rings. The molecule has 2 heterocycles. The number of piperazine rings is 2. The number of nitrogens with one attached hydrogen (secondary N) is 1. The molecule has 0 spiro atoms. The van der Waals surface area contributed by atoms with Crippen molar-refractivity contribution >= 4 is 17.3 Å². The van der Waals surface area contributed by atoms with E-state index in [2.05, 4.69) is 5.32 Å². The Kier molecular flexibility index (Phi) is 7.51. The van der Waals surface area contributed by atoms with Gasteiger partial charge in [-0.25, -0.2) is 8.78 Å². The van der Waals surface area contributed by atoms with Crippen LogP contribution in [0.25, 0.3) is 0 Å². The number of phenolic OH excluding ortho intramolecular Hbond substituents is 2. The van der Waals surface area contributed by atoms with Crippen molar-refractivity contribution in [3.05, 3.63) is 48.0 Å². The van der Waals surface area contributed by atoms with Crippen LogP contribution in [-0.2, 0) is 4.79 Å². The molecule has 0 unspecified atom stereocenters. The summed E-state index contributed by atoms with van der Waals surface area (Å²) in [6, 6.07) is 8.14. The molecule has 0 aliphatic carbocycles. The monoisotopic (exact) mass is 434 g/mol. The van der Waals surface area contributed by atoms with Gasteiger partial charge in [0.2, 0.25) is 5.91 Å². The van der Waals surface area contributed by atoms with Gasteiger partial charge in [-0.2, -0.15) is 0 Å². The summed E-state index contributed by atoms with van der Waals surface area (Å²) in [5.74, 6) is -0.823. The molecule has 0 aromatic heterocycles. The van der Waals surface area contributed by atoms with Crippen LogP contribution in [-0.4, -0.2) is 73.4 Å². The van der Waals surface area contributed by atoms with Gasteiger partial charge in [0.1, 0.15) is 23.1 Å². The van der Waals surface area contributed by atoms with Gasteiger partial charge < -0.3 is 30.2 Å². The Hall–Kier alpha value is -3.07. The quantitative estimate of drug-likeness (QED) is 0.672. The topological polar surface area (TPSA) is 79.3 Å². The maximum atomic E-state index is 12.9. The molecule has 2 aromatic rings. The number of hydrogen-bond acceptors (Lipinski definition) is 6. The number of amides is 1. The van der Waals surface area contributed by atoms with Gasteiger partial charge in [0, 0.05) is 71.4 Å². The zero-order chi connectivity index (χ0) is 22.4. The summed E-state index contributed by atoms with van der Waals surface area (Å²) in [6.07, 6.45) is 0. The first kappa shape index (κ1) is 22.6. The summed E-state index contributed by atoms with van der Waals surface area (Å²) < 4.78 is 25.6. The Morgan fingerprint density at radius 2 is 1.26 bits per heavy atom. The van der Waals surface area contributed by atoms with E-state index in [-0.39, 0.29) is 17.4 Å². The van der Waals surface area contributed by atoms with Gasteiger partial charge in [-0.3, -0.25) is 4.79 Å². The van der Waals surface area contributed by atoms with E-state index < -0.39 is 11.6 Å². The first-order chi connectivity index (χ1) is 14.8. The summed E-state index contributed by atoms with van der Waals surface area (Å²) in [5, 5.41) is 22.4. The van der Waals surface area contributed by atoms with Gasteiger partial charge in [-0.1, -0.05) is 0 Å². The van der Waals surface area contributed by atoms with Crippen molar-refractivity contribution in [3.63, 3.8) is 0 Å². The van der Waals surface area contributed by atoms with E-state index in [4.69, 9.17) is 0 Å². The fourth-order valence-electron chi connectivity index (χ4n) is 3.70. The minimum atomic E-state index is -0.450. The smallest absolute Gasteiger partial charge is 0.219 e. The van der Waals surface area contributed by atoms with Crippen molar-refractivity contribution in [2.24, 2.45) is 0 Å². The highest BCUT2D eigenvalue weighted by Crippen LogP contribution is 2.29. The maximum absolute atomic E-state index is 12.9. The first-order valence-electron chi connectivity index (χ1n) is 10.3. The standard InChI is InChI=1S/C12H15FN2O2.C10H13FN2O/c1-9(16)14-4-6-15(7-5-14)11-3-2-10(13)8-12(11)17;11-8-1-2-9(10(14)7-8)13-5-3-12-4-6-13/h2-3,8,17H,4-7H2,1H3;1-2,7,12,14H,3-6H2. The Bertz CT molecular complexity index is 898. The third kappa shape index (κ3) is 5.97. The average molecular weight is 434 g/mol. The lowest BCUT2D eigenvalue weighted by atomic mass is 10.2. The zero-order valence-corrected chi connectivity index (χ0v) is 17.5. The van der Waals surface area contributed by atoms with E-state index in [0.717, 1.165) is 38.3 Å². The first-order valence-corrected chi connectivity index (χ1v) is 10.3. The van der Waals surface area contributed by atoms with Crippen LogP contribution in [0.5, 0.6) is 11.5 Å². The van der Waals surface area contributed by atoms with E-state index in [1.165, 1.54) is 12.1 Å². The Morgan fingerprint density at radius 1 is 0.806 bits per heavy atom.